The van der Waals surface area contributed by atoms with Crippen LogP contribution in [0.25, 0.3) is 0 Å². The average molecular weight is 591 g/mol. The molecule has 2 saturated heterocycles. The molecule has 1 atom stereocenters. The number of amides is 2. The number of hydrogen-bond acceptors (Lipinski definition) is 8. The van der Waals surface area contributed by atoms with E-state index in [1.54, 1.807) is 7.11 Å². The Bertz CT molecular complexity index is 1050. The van der Waals surface area contributed by atoms with E-state index in [9.17, 15) is 9.59 Å². The second kappa shape index (κ2) is 18.9. The second-order valence-corrected chi connectivity index (χ2v) is 9.36. The Kier molecular flexibility index (Phi) is 15.9. The molecule has 222 valence electrons. The van der Waals surface area contributed by atoms with Crippen molar-refractivity contribution in [3.63, 3.8) is 0 Å². The number of benzene rings is 2. The molecule has 2 N–H and O–H groups in total. The zero-order valence-electron chi connectivity index (χ0n) is 24.3. The lowest BCUT2D eigenvalue weighted by molar-refractivity contribution is -0.131. The fourth-order valence-corrected chi connectivity index (χ4v) is 4.97. The monoisotopic (exact) mass is 590 g/mol. The topological polar surface area (TPSA) is 83.1 Å². The highest BCUT2D eigenvalue weighted by atomic mass is 33.1. The smallest absolute Gasteiger partial charge is 0.253 e. The summed E-state index contributed by atoms with van der Waals surface area (Å²) in [6, 6.07) is 13.7. The van der Waals surface area contributed by atoms with Crippen LogP contribution in [0.4, 0.5) is 0 Å². The number of piperidine rings is 1. The number of carbonyl (C=O) groups is 2. The molecule has 40 heavy (non-hydrogen) atoms. The average Bonchev–Trinajstić information content (AvgIpc) is 3.04. The standard InChI is InChI=1S/C28H38N4O4.C2H6.H2S2/c1-3-36-26-17-25(35-2)10-9-23(26)18-30-19-27(33)32-13-5-8-24(20-32)21-6-4-7-22(16-21)28(34)31-14-11-29-12-15-31;2*1-2/h4,6-7,9-10,16-17,24,29-30H,3,5,8,11-15,18-20H2,1-2H3;1-2H3;1-2H. The van der Waals surface area contributed by atoms with Crippen molar-refractivity contribution in [2.24, 2.45) is 0 Å². The number of methoxy groups -OCH3 is 1. The van der Waals surface area contributed by atoms with Crippen molar-refractivity contribution in [2.45, 2.75) is 46.1 Å². The van der Waals surface area contributed by atoms with Gasteiger partial charge < -0.3 is 29.9 Å². The molecule has 0 radical (unpaired) electrons. The number of ether oxygens (including phenoxy) is 2. The van der Waals surface area contributed by atoms with Crippen LogP contribution >= 0.6 is 23.3 Å². The first-order chi connectivity index (χ1) is 19.6. The van der Waals surface area contributed by atoms with E-state index in [0.29, 0.717) is 19.7 Å². The van der Waals surface area contributed by atoms with Crippen molar-refractivity contribution >= 4 is 35.1 Å². The zero-order valence-corrected chi connectivity index (χ0v) is 26.1. The highest BCUT2D eigenvalue weighted by molar-refractivity contribution is 8.59. The van der Waals surface area contributed by atoms with Crippen molar-refractivity contribution in [1.82, 2.24) is 20.4 Å². The molecule has 2 aromatic rings. The first-order valence-electron chi connectivity index (χ1n) is 14.2. The Morgan fingerprint density at radius 3 is 2.50 bits per heavy atom. The Hall–Kier alpha value is -2.40. The number of rotatable bonds is 9. The van der Waals surface area contributed by atoms with Gasteiger partial charge in [0, 0.05) is 68.9 Å². The van der Waals surface area contributed by atoms with E-state index in [1.807, 2.05) is 67.0 Å². The third-order valence-corrected chi connectivity index (χ3v) is 6.95. The fraction of sp³-hybridized carbons (Fsp3) is 0.533. The number of hydrogen-bond donors (Lipinski definition) is 4. The van der Waals surface area contributed by atoms with E-state index < -0.39 is 0 Å². The largest absolute Gasteiger partial charge is 0.497 e. The Morgan fingerprint density at radius 2 is 1.80 bits per heavy atom. The van der Waals surface area contributed by atoms with Gasteiger partial charge in [-0.25, -0.2) is 0 Å². The van der Waals surface area contributed by atoms with Gasteiger partial charge in [0.15, 0.2) is 0 Å². The van der Waals surface area contributed by atoms with Crippen LogP contribution in [0, 0.1) is 0 Å². The van der Waals surface area contributed by atoms with Crippen molar-refractivity contribution < 1.29 is 19.1 Å². The van der Waals surface area contributed by atoms with Gasteiger partial charge in [-0.05, 0) is 43.5 Å². The van der Waals surface area contributed by atoms with Crippen molar-refractivity contribution in [3.05, 3.63) is 59.2 Å². The van der Waals surface area contributed by atoms with E-state index in [2.05, 4.69) is 40.0 Å². The minimum Gasteiger partial charge on any atom is -0.497 e. The number of piperazine rings is 1. The molecule has 10 heteroatoms. The van der Waals surface area contributed by atoms with Crippen LogP contribution in [0.15, 0.2) is 42.5 Å². The van der Waals surface area contributed by atoms with Crippen LogP contribution in [0.5, 0.6) is 11.5 Å². The molecule has 2 aliphatic heterocycles. The van der Waals surface area contributed by atoms with Crippen molar-refractivity contribution in [1.29, 1.82) is 0 Å². The molecule has 2 amide bonds. The molecule has 0 aliphatic carbocycles. The van der Waals surface area contributed by atoms with Gasteiger partial charge in [0.05, 0.1) is 20.3 Å². The zero-order chi connectivity index (χ0) is 29.3. The van der Waals surface area contributed by atoms with E-state index >= 15 is 0 Å². The summed E-state index contributed by atoms with van der Waals surface area (Å²) in [6.45, 7) is 11.9. The number of nitrogens with one attached hydrogen (secondary N) is 2. The molecule has 2 aliphatic rings. The molecular weight excluding hydrogens is 544 g/mol. The van der Waals surface area contributed by atoms with Crippen LogP contribution in [0.3, 0.4) is 0 Å². The maximum Gasteiger partial charge on any atom is 0.253 e. The lowest BCUT2D eigenvalue weighted by Gasteiger charge is -2.33. The van der Waals surface area contributed by atoms with Crippen molar-refractivity contribution in [2.75, 3.05) is 59.5 Å². The molecule has 2 fully saturated rings. The predicted molar refractivity (Wildman–Crippen MR) is 169 cm³/mol. The number of carbonyl (C=O) groups excluding carboxylic acids is 2. The number of thiol groups is 2. The lowest BCUT2D eigenvalue weighted by atomic mass is 9.89. The number of nitrogens with zero attached hydrogens (tertiary/aromatic N) is 2. The second-order valence-electron chi connectivity index (χ2n) is 9.36. The minimum absolute atomic E-state index is 0.0937. The molecule has 0 bridgehead atoms. The number of likely N-dealkylation sites (tertiary alicyclic amines) is 1. The minimum atomic E-state index is 0.0937. The van der Waals surface area contributed by atoms with E-state index in [1.165, 1.54) is 0 Å². The Balaban J connectivity index is 0.00000134. The summed E-state index contributed by atoms with van der Waals surface area (Å²) in [5, 5.41) is 6.57. The summed E-state index contributed by atoms with van der Waals surface area (Å²) in [5.74, 6) is 1.95. The molecule has 0 spiro atoms. The summed E-state index contributed by atoms with van der Waals surface area (Å²) in [5.41, 5.74) is 2.87. The van der Waals surface area contributed by atoms with Gasteiger partial charge in [-0.2, -0.15) is 0 Å². The Labute approximate surface area is 250 Å². The third-order valence-electron chi connectivity index (χ3n) is 6.95. The summed E-state index contributed by atoms with van der Waals surface area (Å²) in [6.07, 6.45) is 1.98. The highest BCUT2D eigenvalue weighted by Crippen LogP contribution is 2.28. The van der Waals surface area contributed by atoms with Crippen LogP contribution in [-0.2, 0) is 11.3 Å². The molecule has 0 aromatic heterocycles. The van der Waals surface area contributed by atoms with E-state index in [4.69, 9.17) is 9.47 Å². The van der Waals surface area contributed by atoms with Gasteiger partial charge in [0.2, 0.25) is 5.91 Å². The van der Waals surface area contributed by atoms with Gasteiger partial charge in [0.1, 0.15) is 11.5 Å². The predicted octanol–water partition coefficient (Wildman–Crippen LogP) is 4.42. The normalized spacial score (nSPS) is 16.6. The molecule has 0 saturated carbocycles. The SMILES string of the molecule is CC.CCOc1cc(OC)ccc1CNCC(=O)N1CCCC(c2cccc(C(=O)N3CCNCC3)c2)C1.SS. The highest BCUT2D eigenvalue weighted by Gasteiger charge is 2.26. The lowest BCUT2D eigenvalue weighted by Crippen LogP contribution is -2.46. The molecule has 8 nitrogen and oxygen atoms in total. The van der Waals surface area contributed by atoms with Crippen LogP contribution in [0.2, 0.25) is 0 Å². The quantitative estimate of drug-likeness (QED) is 0.256. The first-order valence-corrected chi connectivity index (χ1v) is 15.8. The summed E-state index contributed by atoms with van der Waals surface area (Å²) < 4.78 is 11.0. The van der Waals surface area contributed by atoms with Gasteiger partial charge in [-0.3, -0.25) is 9.59 Å². The maximum atomic E-state index is 13.0. The summed E-state index contributed by atoms with van der Waals surface area (Å²) in [7, 11) is 1.63. The van der Waals surface area contributed by atoms with Gasteiger partial charge in [-0.15, -0.1) is 23.3 Å². The molecular formula is C30H46N4O4S2. The Morgan fingerprint density at radius 1 is 1.05 bits per heavy atom. The van der Waals surface area contributed by atoms with Crippen LogP contribution in [0.1, 0.15) is 61.0 Å². The third kappa shape index (κ3) is 9.90. The summed E-state index contributed by atoms with van der Waals surface area (Å²) in [4.78, 5) is 29.8. The maximum absolute atomic E-state index is 13.0. The summed E-state index contributed by atoms with van der Waals surface area (Å²) >= 11 is 6.44. The van der Waals surface area contributed by atoms with Gasteiger partial charge in [0.25, 0.3) is 5.91 Å². The fourth-order valence-electron chi connectivity index (χ4n) is 4.97. The van der Waals surface area contributed by atoms with Crippen molar-refractivity contribution in [3.8, 4) is 11.5 Å². The van der Waals surface area contributed by atoms with E-state index in [-0.39, 0.29) is 24.3 Å². The van der Waals surface area contributed by atoms with Crippen LogP contribution < -0.4 is 20.1 Å². The van der Waals surface area contributed by atoms with Gasteiger partial charge in [-0.1, -0.05) is 32.0 Å². The molecule has 4 rings (SSSR count). The first kappa shape index (κ1) is 33.8. The van der Waals surface area contributed by atoms with Crippen LogP contribution in [-0.4, -0.2) is 81.1 Å². The molecule has 2 aromatic carbocycles. The molecule has 2 heterocycles. The molecule has 1 unspecified atom stereocenters. The van der Waals surface area contributed by atoms with E-state index in [0.717, 1.165) is 73.8 Å². The van der Waals surface area contributed by atoms with Gasteiger partial charge >= 0.3 is 0 Å².